The SMILES string of the molecule is Cc1ccnc(-c2ccc(F)c(P(=O)(c3ccccc3)c3ccccc3)c2F)c1. The van der Waals surface area contributed by atoms with E-state index in [9.17, 15) is 4.57 Å². The van der Waals surface area contributed by atoms with E-state index in [1.54, 1.807) is 79.0 Å². The van der Waals surface area contributed by atoms with Gasteiger partial charge in [0.05, 0.1) is 11.0 Å². The summed E-state index contributed by atoms with van der Waals surface area (Å²) in [5.74, 6) is -1.69. The van der Waals surface area contributed by atoms with Gasteiger partial charge in [-0.3, -0.25) is 4.98 Å². The molecule has 0 radical (unpaired) electrons. The summed E-state index contributed by atoms with van der Waals surface area (Å²) in [4.78, 5) is 4.22. The number of aryl methyl sites for hydroxylation is 1. The highest BCUT2D eigenvalue weighted by Gasteiger charge is 2.36. The zero-order chi connectivity index (χ0) is 20.4. The van der Waals surface area contributed by atoms with Crippen LogP contribution in [0, 0.1) is 18.6 Å². The molecule has 0 aliphatic rings. The number of halogens is 2. The second kappa shape index (κ2) is 7.73. The van der Waals surface area contributed by atoms with Crippen LogP contribution >= 0.6 is 7.14 Å². The number of rotatable bonds is 4. The van der Waals surface area contributed by atoms with Crippen molar-refractivity contribution in [2.75, 3.05) is 0 Å². The van der Waals surface area contributed by atoms with Gasteiger partial charge in [0.25, 0.3) is 0 Å². The number of aromatic nitrogens is 1. The molecule has 0 spiro atoms. The second-order valence-corrected chi connectivity index (χ2v) is 9.45. The lowest BCUT2D eigenvalue weighted by Crippen LogP contribution is -2.29. The molecule has 0 aliphatic carbocycles. The van der Waals surface area contributed by atoms with Gasteiger partial charge in [0, 0.05) is 22.4 Å². The van der Waals surface area contributed by atoms with Crippen molar-refractivity contribution < 1.29 is 13.3 Å². The van der Waals surface area contributed by atoms with Crippen molar-refractivity contribution in [2.45, 2.75) is 6.92 Å². The summed E-state index contributed by atoms with van der Waals surface area (Å²) in [5, 5.41) is 0.326. The molecule has 5 heteroatoms. The molecule has 0 saturated heterocycles. The van der Waals surface area contributed by atoms with Gasteiger partial charge in [-0.2, -0.15) is 0 Å². The van der Waals surface area contributed by atoms with Gasteiger partial charge in [-0.15, -0.1) is 0 Å². The lowest BCUT2D eigenvalue weighted by Gasteiger charge is -2.22. The van der Waals surface area contributed by atoms with Crippen LogP contribution in [-0.2, 0) is 4.57 Å². The fourth-order valence-electron chi connectivity index (χ4n) is 3.39. The van der Waals surface area contributed by atoms with E-state index in [1.807, 2.05) is 6.92 Å². The lowest BCUT2D eigenvalue weighted by molar-refractivity contribution is 0.578. The molecule has 2 nitrogen and oxygen atoms in total. The summed E-state index contributed by atoms with van der Waals surface area (Å²) >= 11 is 0. The molecule has 0 amide bonds. The van der Waals surface area contributed by atoms with Crippen LogP contribution in [0.2, 0.25) is 0 Å². The molecule has 1 heterocycles. The zero-order valence-corrected chi connectivity index (χ0v) is 16.6. The predicted molar refractivity (Wildman–Crippen MR) is 114 cm³/mol. The maximum absolute atomic E-state index is 15.8. The molecule has 0 unspecified atom stereocenters. The summed E-state index contributed by atoms with van der Waals surface area (Å²) in [6.45, 7) is 1.87. The summed E-state index contributed by atoms with van der Waals surface area (Å²) in [6, 6.07) is 23.0. The first-order valence-electron chi connectivity index (χ1n) is 9.14. The van der Waals surface area contributed by atoms with Crippen LogP contribution in [0.3, 0.4) is 0 Å². The number of benzene rings is 3. The average Bonchev–Trinajstić information content (AvgIpc) is 2.75. The largest absolute Gasteiger partial charge is 0.308 e. The van der Waals surface area contributed by atoms with Crippen molar-refractivity contribution in [1.82, 2.24) is 4.98 Å². The van der Waals surface area contributed by atoms with E-state index < -0.39 is 24.1 Å². The summed E-state index contributed by atoms with van der Waals surface area (Å²) < 4.78 is 45.2. The second-order valence-electron chi connectivity index (χ2n) is 6.76. The van der Waals surface area contributed by atoms with E-state index >= 15 is 8.78 Å². The van der Waals surface area contributed by atoms with Crippen molar-refractivity contribution in [1.29, 1.82) is 0 Å². The molecule has 0 saturated carbocycles. The van der Waals surface area contributed by atoms with Crippen LogP contribution in [0.4, 0.5) is 8.78 Å². The smallest absolute Gasteiger partial charge is 0.176 e. The molecule has 4 aromatic rings. The van der Waals surface area contributed by atoms with Crippen LogP contribution in [0.5, 0.6) is 0 Å². The Morgan fingerprint density at radius 3 is 1.93 bits per heavy atom. The van der Waals surface area contributed by atoms with Gasteiger partial charge in [-0.25, -0.2) is 8.78 Å². The van der Waals surface area contributed by atoms with Crippen molar-refractivity contribution in [3.63, 3.8) is 0 Å². The summed E-state index contributed by atoms with van der Waals surface area (Å²) in [5.41, 5.74) is 1.39. The van der Waals surface area contributed by atoms with Crippen molar-refractivity contribution in [3.8, 4) is 11.3 Å². The molecule has 0 atom stereocenters. The topological polar surface area (TPSA) is 30.0 Å². The van der Waals surface area contributed by atoms with Gasteiger partial charge in [-0.05, 0) is 36.8 Å². The maximum Gasteiger partial charge on any atom is 0.176 e. The first kappa shape index (κ1) is 19.2. The average molecular weight is 405 g/mol. The number of hydrogen-bond acceptors (Lipinski definition) is 2. The Balaban J connectivity index is 2.04. The normalized spacial score (nSPS) is 11.4. The minimum Gasteiger partial charge on any atom is -0.308 e. The molecule has 0 fully saturated rings. The third-order valence-electron chi connectivity index (χ3n) is 4.81. The maximum atomic E-state index is 15.8. The van der Waals surface area contributed by atoms with Gasteiger partial charge in [0.2, 0.25) is 0 Å². The molecule has 0 N–H and O–H groups in total. The molecule has 3 aromatic carbocycles. The predicted octanol–water partition coefficient (Wildman–Crippen LogP) is 4.97. The van der Waals surface area contributed by atoms with Crippen LogP contribution in [-0.4, -0.2) is 4.98 Å². The molecule has 29 heavy (non-hydrogen) atoms. The zero-order valence-electron chi connectivity index (χ0n) is 15.7. The van der Waals surface area contributed by atoms with Gasteiger partial charge in [0.1, 0.15) is 11.6 Å². The van der Waals surface area contributed by atoms with Crippen molar-refractivity contribution >= 4 is 23.1 Å². The van der Waals surface area contributed by atoms with E-state index in [4.69, 9.17) is 0 Å². The Hall–Kier alpha value is -3.10. The van der Waals surface area contributed by atoms with Crippen LogP contribution < -0.4 is 15.9 Å². The lowest BCUT2D eigenvalue weighted by atomic mass is 10.1. The molecule has 144 valence electrons. The Morgan fingerprint density at radius 2 is 1.38 bits per heavy atom. The first-order valence-corrected chi connectivity index (χ1v) is 10.9. The first-order chi connectivity index (χ1) is 14.0. The monoisotopic (exact) mass is 405 g/mol. The summed E-state index contributed by atoms with van der Waals surface area (Å²) in [7, 11) is -3.79. The Kier molecular flexibility index (Phi) is 5.12. The van der Waals surface area contributed by atoms with Crippen molar-refractivity contribution in [3.05, 3.63) is 108 Å². The Morgan fingerprint density at radius 1 is 0.793 bits per heavy atom. The van der Waals surface area contributed by atoms with E-state index in [1.165, 1.54) is 6.07 Å². The van der Waals surface area contributed by atoms with Gasteiger partial charge in [0.15, 0.2) is 7.14 Å². The molecule has 1 aromatic heterocycles. The van der Waals surface area contributed by atoms with Gasteiger partial charge in [-0.1, -0.05) is 60.7 Å². The molecule has 0 bridgehead atoms. The van der Waals surface area contributed by atoms with E-state index in [0.717, 1.165) is 11.6 Å². The number of pyridine rings is 1. The van der Waals surface area contributed by atoms with E-state index in [-0.39, 0.29) is 5.56 Å². The minimum atomic E-state index is -3.79. The summed E-state index contributed by atoms with van der Waals surface area (Å²) in [6.07, 6.45) is 1.57. The van der Waals surface area contributed by atoms with Crippen LogP contribution in [0.15, 0.2) is 91.1 Å². The molecule has 4 rings (SSSR count). The van der Waals surface area contributed by atoms with Crippen LogP contribution in [0.25, 0.3) is 11.3 Å². The Labute approximate surface area is 168 Å². The number of nitrogens with zero attached hydrogens (tertiary/aromatic N) is 1. The van der Waals surface area contributed by atoms with E-state index in [2.05, 4.69) is 4.98 Å². The molecular formula is C24H18F2NOP. The van der Waals surface area contributed by atoms with Gasteiger partial charge >= 0.3 is 0 Å². The molecule has 0 aliphatic heterocycles. The van der Waals surface area contributed by atoms with Crippen molar-refractivity contribution in [2.24, 2.45) is 0 Å². The highest BCUT2D eigenvalue weighted by molar-refractivity contribution is 7.85. The molecular weight excluding hydrogens is 387 g/mol. The highest BCUT2D eigenvalue weighted by atomic mass is 31.2. The number of hydrogen-bond donors (Lipinski definition) is 0. The third kappa shape index (κ3) is 3.41. The van der Waals surface area contributed by atoms with Gasteiger partial charge < -0.3 is 4.57 Å². The Bertz CT molecular complexity index is 1170. The fraction of sp³-hybridized carbons (Fsp3) is 0.0417. The minimum absolute atomic E-state index is 0.122. The fourth-order valence-corrected chi connectivity index (χ4v) is 6.16. The third-order valence-corrected chi connectivity index (χ3v) is 7.90. The quantitative estimate of drug-likeness (QED) is 0.449. The standard InChI is InChI=1S/C24H18F2NOP/c1-17-14-15-27-22(16-17)20-12-13-21(25)24(23(20)26)29(28,18-8-4-2-5-9-18)19-10-6-3-7-11-19/h2-16H,1H3. The van der Waals surface area contributed by atoms with Crippen LogP contribution in [0.1, 0.15) is 5.56 Å². The highest BCUT2D eigenvalue weighted by Crippen LogP contribution is 2.45. The van der Waals surface area contributed by atoms with E-state index in [0.29, 0.717) is 16.3 Å².